The Morgan fingerprint density at radius 2 is 1.75 bits per heavy atom. The zero-order valence-corrected chi connectivity index (χ0v) is 17.2. The smallest absolute Gasteiger partial charge is 0.343 e. The van der Waals surface area contributed by atoms with Crippen LogP contribution in [-0.2, 0) is 32.2 Å². The lowest BCUT2D eigenvalue weighted by Gasteiger charge is -2.27. The predicted molar refractivity (Wildman–Crippen MR) is 115 cm³/mol. The number of fused-ring (bicyclic) bond motifs is 2. The molecule has 1 aliphatic rings. The molecule has 1 N–H and O–H groups in total. The van der Waals surface area contributed by atoms with E-state index in [2.05, 4.69) is 40.0 Å². The van der Waals surface area contributed by atoms with Gasteiger partial charge in [0.2, 0.25) is 5.82 Å². The number of para-hydroxylation sites is 1. The summed E-state index contributed by atoms with van der Waals surface area (Å²) in [5.41, 5.74) is 3.26. The average Bonchev–Trinajstić information content (AvgIpc) is 3.11. The minimum atomic E-state index is -4.68. The number of nitrogens with one attached hydrogen (secondary N) is 1. The highest BCUT2D eigenvalue weighted by Crippen LogP contribution is 2.28. The fraction of sp³-hybridized carbons (Fsp3) is 0.250. The molecule has 0 atom stereocenters. The second-order valence-electron chi connectivity index (χ2n) is 8.08. The monoisotopic (exact) mass is 438 g/mol. The van der Waals surface area contributed by atoms with Gasteiger partial charge in [0.1, 0.15) is 0 Å². The molecule has 164 valence electrons. The summed E-state index contributed by atoms with van der Waals surface area (Å²) < 4.78 is 41.5. The van der Waals surface area contributed by atoms with E-state index < -0.39 is 17.6 Å². The van der Waals surface area contributed by atoms with Crippen molar-refractivity contribution in [1.29, 1.82) is 0 Å². The molecule has 0 bridgehead atoms. The van der Waals surface area contributed by atoms with E-state index in [0.29, 0.717) is 25.1 Å². The molecule has 2 aromatic heterocycles. The van der Waals surface area contributed by atoms with E-state index in [1.54, 1.807) is 0 Å². The number of nitrogens with zero attached hydrogens (tertiary/aromatic N) is 3. The van der Waals surface area contributed by atoms with Crippen molar-refractivity contribution < 1.29 is 13.2 Å². The van der Waals surface area contributed by atoms with Gasteiger partial charge in [-0.2, -0.15) is 13.2 Å². The van der Waals surface area contributed by atoms with Crippen LogP contribution in [0.15, 0.2) is 65.6 Å². The van der Waals surface area contributed by atoms with Gasteiger partial charge in [0, 0.05) is 48.8 Å². The van der Waals surface area contributed by atoms with Crippen LogP contribution in [0.4, 0.5) is 13.2 Å². The Labute approximate surface area is 182 Å². The zero-order valence-electron chi connectivity index (χ0n) is 17.2. The average molecular weight is 438 g/mol. The highest BCUT2D eigenvalue weighted by atomic mass is 19.4. The largest absolute Gasteiger partial charge is 0.449 e. The molecule has 0 spiro atoms. The molecular weight excluding hydrogens is 417 g/mol. The first-order valence-corrected chi connectivity index (χ1v) is 10.4. The van der Waals surface area contributed by atoms with Gasteiger partial charge in [0.25, 0.3) is 5.56 Å². The summed E-state index contributed by atoms with van der Waals surface area (Å²) in [7, 11) is 0. The van der Waals surface area contributed by atoms with Crippen molar-refractivity contribution in [1.82, 2.24) is 19.4 Å². The van der Waals surface area contributed by atoms with Crippen LogP contribution in [0.2, 0.25) is 0 Å². The summed E-state index contributed by atoms with van der Waals surface area (Å²) in [6.07, 6.45) is -2.20. The number of aromatic nitrogens is 3. The number of hydrogen-bond acceptors (Lipinski definition) is 3. The van der Waals surface area contributed by atoms with Crippen LogP contribution in [-0.4, -0.2) is 26.0 Å². The van der Waals surface area contributed by atoms with Crippen molar-refractivity contribution >= 4 is 10.9 Å². The van der Waals surface area contributed by atoms with Gasteiger partial charge in [-0.25, -0.2) is 4.98 Å². The third-order valence-corrected chi connectivity index (χ3v) is 5.88. The van der Waals surface area contributed by atoms with Gasteiger partial charge in [0.15, 0.2) is 0 Å². The number of aromatic amines is 1. The summed E-state index contributed by atoms with van der Waals surface area (Å²) in [4.78, 5) is 19.8. The third kappa shape index (κ3) is 3.93. The van der Waals surface area contributed by atoms with E-state index in [1.165, 1.54) is 5.56 Å². The summed E-state index contributed by atoms with van der Waals surface area (Å²) in [6, 6.07) is 18.3. The molecule has 0 aliphatic carbocycles. The second-order valence-corrected chi connectivity index (χ2v) is 8.08. The van der Waals surface area contributed by atoms with Gasteiger partial charge in [0.05, 0.1) is 5.69 Å². The summed E-state index contributed by atoms with van der Waals surface area (Å²) >= 11 is 0. The number of H-pyrrole nitrogens is 1. The molecule has 0 radical (unpaired) electrons. The molecule has 0 fully saturated rings. The van der Waals surface area contributed by atoms with Crippen molar-refractivity contribution in [3.05, 3.63) is 99.4 Å². The Morgan fingerprint density at radius 1 is 1.00 bits per heavy atom. The Hall–Kier alpha value is -3.39. The van der Waals surface area contributed by atoms with Crippen molar-refractivity contribution in [2.75, 3.05) is 6.54 Å². The van der Waals surface area contributed by atoms with Crippen molar-refractivity contribution in [2.45, 2.75) is 32.2 Å². The Morgan fingerprint density at radius 3 is 2.53 bits per heavy atom. The highest BCUT2D eigenvalue weighted by Gasteiger charge is 2.36. The molecular formula is C24H21F3N4O. The normalized spacial score (nSPS) is 14.6. The van der Waals surface area contributed by atoms with Crippen LogP contribution in [0.25, 0.3) is 10.9 Å². The lowest BCUT2D eigenvalue weighted by Crippen LogP contribution is -2.36. The third-order valence-electron chi connectivity index (χ3n) is 5.88. The van der Waals surface area contributed by atoms with Gasteiger partial charge in [-0.3, -0.25) is 9.69 Å². The number of halogens is 3. The van der Waals surface area contributed by atoms with Crippen molar-refractivity contribution in [3.8, 4) is 0 Å². The molecule has 8 heteroatoms. The van der Waals surface area contributed by atoms with Crippen LogP contribution in [0, 0.1) is 0 Å². The molecule has 2 aromatic carbocycles. The quantitative estimate of drug-likeness (QED) is 0.516. The molecule has 32 heavy (non-hydrogen) atoms. The molecule has 5 rings (SSSR count). The van der Waals surface area contributed by atoms with Crippen LogP contribution >= 0.6 is 0 Å². The molecule has 4 aromatic rings. The minimum Gasteiger partial charge on any atom is -0.343 e. The molecule has 1 aliphatic heterocycles. The van der Waals surface area contributed by atoms with E-state index in [4.69, 9.17) is 0 Å². The molecule has 0 amide bonds. The van der Waals surface area contributed by atoms with Gasteiger partial charge in [-0.05, 0) is 23.6 Å². The Bertz CT molecular complexity index is 1320. The molecule has 5 nitrogen and oxygen atoms in total. The molecule has 0 unspecified atom stereocenters. The second kappa shape index (κ2) is 7.94. The first kappa shape index (κ1) is 20.5. The van der Waals surface area contributed by atoms with Crippen molar-refractivity contribution in [3.63, 3.8) is 0 Å². The summed E-state index contributed by atoms with van der Waals surface area (Å²) in [6.45, 7) is 2.09. The van der Waals surface area contributed by atoms with E-state index in [1.807, 2.05) is 40.2 Å². The molecule has 3 heterocycles. The Kier molecular flexibility index (Phi) is 5.09. The molecule has 0 saturated heterocycles. The van der Waals surface area contributed by atoms with Crippen LogP contribution in [0.5, 0.6) is 0 Å². The number of rotatable bonds is 4. The number of benzene rings is 2. The lowest BCUT2D eigenvalue weighted by molar-refractivity contribution is -0.145. The standard InChI is InChI=1S/C24H21F3N4O/c25-24(26,27)23-28-20-15-30(11-10-19(20)22(32)29-23)13-17-14-31(12-16-6-2-1-3-7-16)21-9-5-4-8-18(17)21/h1-9,14H,10-13,15H2,(H,28,29,32). The van der Waals surface area contributed by atoms with E-state index in [-0.39, 0.29) is 12.2 Å². The first-order chi connectivity index (χ1) is 15.4. The van der Waals surface area contributed by atoms with E-state index in [0.717, 1.165) is 23.0 Å². The lowest BCUT2D eigenvalue weighted by atomic mass is 10.1. The SMILES string of the molecule is O=c1[nH]c(C(F)(F)F)nc2c1CCN(Cc1cn(Cc3ccccc3)c3ccccc13)C2. The van der Waals surface area contributed by atoms with Crippen molar-refractivity contribution in [2.24, 2.45) is 0 Å². The van der Waals surface area contributed by atoms with Gasteiger partial charge in [-0.15, -0.1) is 0 Å². The maximum atomic E-state index is 13.1. The predicted octanol–water partition coefficient (Wildman–Crippen LogP) is 4.35. The fourth-order valence-corrected chi connectivity index (χ4v) is 4.36. The Balaban J connectivity index is 1.44. The molecule has 0 saturated carbocycles. The van der Waals surface area contributed by atoms with Crippen LogP contribution < -0.4 is 5.56 Å². The highest BCUT2D eigenvalue weighted by molar-refractivity contribution is 5.84. The van der Waals surface area contributed by atoms with Crippen LogP contribution in [0.3, 0.4) is 0 Å². The summed E-state index contributed by atoms with van der Waals surface area (Å²) in [5, 5.41) is 1.11. The minimum absolute atomic E-state index is 0.209. The van der Waals surface area contributed by atoms with E-state index in [9.17, 15) is 18.0 Å². The maximum absolute atomic E-state index is 13.1. The van der Waals surface area contributed by atoms with Gasteiger partial charge >= 0.3 is 6.18 Å². The first-order valence-electron chi connectivity index (χ1n) is 10.4. The number of hydrogen-bond donors (Lipinski definition) is 1. The summed E-state index contributed by atoms with van der Waals surface area (Å²) in [5.74, 6) is -1.23. The van der Waals surface area contributed by atoms with Crippen LogP contribution in [0.1, 0.15) is 28.2 Å². The van der Waals surface area contributed by atoms with E-state index >= 15 is 0 Å². The topological polar surface area (TPSA) is 53.9 Å². The fourth-order valence-electron chi connectivity index (χ4n) is 4.36. The van der Waals surface area contributed by atoms with Gasteiger partial charge in [-0.1, -0.05) is 48.5 Å². The number of alkyl halides is 3. The maximum Gasteiger partial charge on any atom is 0.449 e. The van der Waals surface area contributed by atoms with Gasteiger partial charge < -0.3 is 9.55 Å². The zero-order chi connectivity index (χ0) is 22.3.